The number of hydrogen-bond acceptors (Lipinski definition) is 3. The highest BCUT2D eigenvalue weighted by atomic mass is 35.5. The number of benzene rings is 1. The number of aromatic nitrogens is 1. The van der Waals surface area contributed by atoms with Crippen LogP contribution in [0.1, 0.15) is 21.5 Å². The Morgan fingerprint density at radius 2 is 1.96 bits per heavy atom. The Labute approximate surface area is 159 Å². The topological polar surface area (TPSA) is 54.3 Å². The van der Waals surface area contributed by atoms with E-state index in [2.05, 4.69) is 5.32 Å². The zero-order valence-electron chi connectivity index (χ0n) is 14.8. The molecule has 2 rings (SSSR count). The minimum atomic E-state index is -4.48. The maximum Gasteiger partial charge on any atom is 0.416 e. The predicted octanol–water partition coefficient (Wildman–Crippen LogP) is 2.86. The summed E-state index contributed by atoms with van der Waals surface area (Å²) in [7, 11) is 3.68. The van der Waals surface area contributed by atoms with Gasteiger partial charge in [0.25, 0.3) is 11.5 Å². The zero-order valence-corrected chi connectivity index (χ0v) is 15.6. The van der Waals surface area contributed by atoms with E-state index in [0.717, 1.165) is 16.7 Å². The summed E-state index contributed by atoms with van der Waals surface area (Å²) in [6, 6.07) is 5.90. The number of pyridine rings is 1. The van der Waals surface area contributed by atoms with E-state index < -0.39 is 23.2 Å². The van der Waals surface area contributed by atoms with Crippen LogP contribution in [0, 0.1) is 0 Å². The van der Waals surface area contributed by atoms with Crippen LogP contribution in [0.15, 0.2) is 41.3 Å². The molecule has 0 aliphatic carbocycles. The number of hydrogen-bond donors (Lipinski definition) is 1. The van der Waals surface area contributed by atoms with E-state index in [9.17, 15) is 22.8 Å². The van der Waals surface area contributed by atoms with Crippen LogP contribution in [-0.2, 0) is 12.7 Å². The van der Waals surface area contributed by atoms with E-state index in [1.165, 1.54) is 24.4 Å². The van der Waals surface area contributed by atoms with Crippen molar-refractivity contribution in [3.05, 3.63) is 68.6 Å². The Morgan fingerprint density at radius 3 is 2.59 bits per heavy atom. The average Bonchev–Trinajstić information content (AvgIpc) is 2.57. The van der Waals surface area contributed by atoms with E-state index >= 15 is 0 Å². The van der Waals surface area contributed by atoms with Crippen LogP contribution >= 0.6 is 11.6 Å². The number of carbonyl (C=O) groups excluding carboxylic acids is 1. The maximum absolute atomic E-state index is 12.8. The molecular formula is C18H19ClF3N3O2. The third-order valence-electron chi connectivity index (χ3n) is 3.75. The smallest absolute Gasteiger partial charge is 0.351 e. The normalized spacial score (nSPS) is 11.7. The molecule has 0 spiro atoms. The lowest BCUT2D eigenvalue weighted by Crippen LogP contribution is -2.36. The van der Waals surface area contributed by atoms with Gasteiger partial charge in [-0.15, -0.1) is 0 Å². The summed E-state index contributed by atoms with van der Waals surface area (Å²) in [5, 5.41) is 2.76. The summed E-state index contributed by atoms with van der Waals surface area (Å²) in [5.41, 5.74) is -1.32. The maximum atomic E-state index is 12.8. The third kappa shape index (κ3) is 5.83. The Hall–Kier alpha value is -2.32. The summed E-state index contributed by atoms with van der Waals surface area (Å²) in [6.45, 7) is 0.789. The molecule has 0 saturated carbocycles. The average molecular weight is 402 g/mol. The first-order valence-corrected chi connectivity index (χ1v) is 8.45. The molecule has 5 nitrogen and oxygen atoms in total. The van der Waals surface area contributed by atoms with Gasteiger partial charge >= 0.3 is 6.18 Å². The van der Waals surface area contributed by atoms with Gasteiger partial charge in [-0.2, -0.15) is 13.2 Å². The van der Waals surface area contributed by atoms with Gasteiger partial charge in [0.1, 0.15) is 5.56 Å². The summed E-state index contributed by atoms with van der Waals surface area (Å²) in [4.78, 5) is 26.7. The van der Waals surface area contributed by atoms with Crippen molar-refractivity contribution in [2.45, 2.75) is 12.7 Å². The van der Waals surface area contributed by atoms with Gasteiger partial charge in [-0.3, -0.25) is 9.59 Å². The first-order chi connectivity index (χ1) is 12.6. The highest BCUT2D eigenvalue weighted by Crippen LogP contribution is 2.29. The second-order valence-corrected chi connectivity index (χ2v) is 6.70. The summed E-state index contributed by atoms with van der Waals surface area (Å²) < 4.78 is 39.7. The van der Waals surface area contributed by atoms with Crippen molar-refractivity contribution in [2.24, 2.45) is 0 Å². The number of alkyl halides is 3. The largest absolute Gasteiger partial charge is 0.416 e. The SMILES string of the molecule is CN(C)CCNC(=O)c1cc(Cl)cn(Cc2cccc(C(F)(F)F)c2)c1=O. The first-order valence-electron chi connectivity index (χ1n) is 8.07. The fraction of sp³-hybridized carbons (Fsp3) is 0.333. The van der Waals surface area contributed by atoms with E-state index in [1.54, 1.807) is 0 Å². The van der Waals surface area contributed by atoms with E-state index in [0.29, 0.717) is 13.1 Å². The second kappa shape index (κ2) is 8.58. The van der Waals surface area contributed by atoms with Crippen LogP contribution in [0.2, 0.25) is 5.02 Å². The molecule has 1 aromatic carbocycles. The van der Waals surface area contributed by atoms with Gasteiger partial charge in [-0.05, 0) is 37.9 Å². The molecule has 0 unspecified atom stereocenters. The zero-order chi connectivity index (χ0) is 20.2. The molecular weight excluding hydrogens is 383 g/mol. The fourth-order valence-corrected chi connectivity index (χ4v) is 2.64. The number of likely N-dealkylation sites (N-methyl/N-ethyl adjacent to an activating group) is 1. The van der Waals surface area contributed by atoms with Crippen molar-refractivity contribution in [1.82, 2.24) is 14.8 Å². The van der Waals surface area contributed by atoms with Crippen molar-refractivity contribution in [3.8, 4) is 0 Å². The lowest BCUT2D eigenvalue weighted by Gasteiger charge is -2.13. The molecule has 0 aliphatic heterocycles. The number of nitrogens with zero attached hydrogens (tertiary/aromatic N) is 2. The minimum absolute atomic E-state index is 0.138. The lowest BCUT2D eigenvalue weighted by atomic mass is 10.1. The fourth-order valence-electron chi connectivity index (χ4n) is 2.41. The number of carbonyl (C=O) groups is 1. The van der Waals surface area contributed by atoms with Crippen LogP contribution in [0.25, 0.3) is 0 Å². The van der Waals surface area contributed by atoms with Crippen molar-refractivity contribution in [1.29, 1.82) is 0 Å². The van der Waals surface area contributed by atoms with Crippen molar-refractivity contribution in [2.75, 3.05) is 27.2 Å². The molecule has 0 atom stereocenters. The number of rotatable bonds is 6. The van der Waals surface area contributed by atoms with Gasteiger partial charge in [-0.1, -0.05) is 23.7 Å². The van der Waals surface area contributed by atoms with Gasteiger partial charge in [0.15, 0.2) is 0 Å². The highest BCUT2D eigenvalue weighted by molar-refractivity contribution is 6.30. The second-order valence-electron chi connectivity index (χ2n) is 6.26. The van der Waals surface area contributed by atoms with Crippen LogP contribution < -0.4 is 10.9 Å². The number of nitrogens with one attached hydrogen (secondary N) is 1. The Balaban J connectivity index is 2.27. The standard InChI is InChI=1S/C18H19ClF3N3O2/c1-24(2)7-6-23-16(26)15-9-14(19)11-25(17(15)27)10-12-4-3-5-13(8-12)18(20,21)22/h3-5,8-9,11H,6-7,10H2,1-2H3,(H,23,26). The van der Waals surface area contributed by atoms with Crippen LogP contribution in [0.4, 0.5) is 13.2 Å². The van der Waals surface area contributed by atoms with Crippen molar-refractivity contribution in [3.63, 3.8) is 0 Å². The van der Waals surface area contributed by atoms with E-state index in [-0.39, 0.29) is 22.7 Å². The molecule has 1 heterocycles. The van der Waals surface area contributed by atoms with Gasteiger partial charge in [0.2, 0.25) is 0 Å². The number of amides is 1. The minimum Gasteiger partial charge on any atom is -0.351 e. The molecule has 27 heavy (non-hydrogen) atoms. The number of halogens is 4. The molecule has 0 saturated heterocycles. The molecule has 146 valence electrons. The quantitative estimate of drug-likeness (QED) is 0.809. The summed E-state index contributed by atoms with van der Waals surface area (Å²) >= 11 is 5.99. The summed E-state index contributed by atoms with van der Waals surface area (Å²) in [6.07, 6.45) is -3.19. The monoisotopic (exact) mass is 401 g/mol. The Bertz CT molecular complexity index is 879. The molecule has 0 aliphatic rings. The Kier molecular flexibility index (Phi) is 6.67. The van der Waals surface area contributed by atoms with Gasteiger partial charge in [0, 0.05) is 19.3 Å². The van der Waals surface area contributed by atoms with Crippen molar-refractivity contribution < 1.29 is 18.0 Å². The lowest BCUT2D eigenvalue weighted by molar-refractivity contribution is -0.137. The summed E-state index contributed by atoms with van der Waals surface area (Å²) in [5.74, 6) is -0.581. The third-order valence-corrected chi connectivity index (χ3v) is 3.96. The van der Waals surface area contributed by atoms with Crippen LogP contribution in [0.5, 0.6) is 0 Å². The van der Waals surface area contributed by atoms with E-state index in [1.807, 2.05) is 19.0 Å². The molecule has 9 heteroatoms. The van der Waals surface area contributed by atoms with Gasteiger partial charge in [0.05, 0.1) is 17.1 Å². The first kappa shape index (κ1) is 21.0. The molecule has 1 N–H and O–H groups in total. The molecule has 2 aromatic rings. The van der Waals surface area contributed by atoms with Gasteiger partial charge < -0.3 is 14.8 Å². The highest BCUT2D eigenvalue weighted by Gasteiger charge is 2.30. The van der Waals surface area contributed by atoms with Gasteiger partial charge in [-0.25, -0.2) is 0 Å². The molecule has 0 radical (unpaired) electrons. The Morgan fingerprint density at radius 1 is 1.26 bits per heavy atom. The molecule has 0 bridgehead atoms. The molecule has 1 amide bonds. The molecule has 0 fully saturated rings. The van der Waals surface area contributed by atoms with Crippen LogP contribution in [-0.4, -0.2) is 42.6 Å². The molecule has 1 aromatic heterocycles. The predicted molar refractivity (Wildman–Crippen MR) is 97.1 cm³/mol. The van der Waals surface area contributed by atoms with Crippen molar-refractivity contribution >= 4 is 17.5 Å². The van der Waals surface area contributed by atoms with E-state index in [4.69, 9.17) is 11.6 Å². The van der Waals surface area contributed by atoms with Crippen LogP contribution in [0.3, 0.4) is 0 Å².